The molecule has 2 heterocycles. The molecular formula is C27H29ClN4O3. The molecule has 1 aromatic heterocycles. The zero-order valence-corrected chi connectivity index (χ0v) is 20.7. The van der Waals surface area contributed by atoms with Crippen LogP contribution in [0.3, 0.4) is 0 Å². The molecule has 8 heteroatoms. The van der Waals surface area contributed by atoms with Crippen LogP contribution >= 0.6 is 11.6 Å². The molecule has 2 aliphatic rings. The number of nitrogens with zero attached hydrogens (tertiary/aromatic N) is 2. The first kappa shape index (κ1) is 23.4. The highest BCUT2D eigenvalue weighted by atomic mass is 35.5. The average Bonchev–Trinajstić information content (AvgIpc) is 3.44. The van der Waals surface area contributed by atoms with Crippen LogP contribution in [0.1, 0.15) is 55.6 Å². The second-order valence-electron chi connectivity index (χ2n) is 9.75. The smallest absolute Gasteiger partial charge is 0.273 e. The van der Waals surface area contributed by atoms with E-state index in [1.54, 1.807) is 17.0 Å². The minimum absolute atomic E-state index is 0.129. The first-order valence-corrected chi connectivity index (χ1v) is 12.4. The van der Waals surface area contributed by atoms with Gasteiger partial charge in [-0.15, -0.1) is 0 Å². The number of carbonyl (C=O) groups is 3. The van der Waals surface area contributed by atoms with Gasteiger partial charge >= 0.3 is 0 Å². The van der Waals surface area contributed by atoms with Gasteiger partial charge in [0.15, 0.2) is 0 Å². The van der Waals surface area contributed by atoms with Crippen molar-refractivity contribution in [3.63, 3.8) is 0 Å². The maximum absolute atomic E-state index is 14.2. The largest absolute Gasteiger partial charge is 0.351 e. The highest BCUT2D eigenvalue weighted by Crippen LogP contribution is 2.39. The molecule has 1 fully saturated rings. The Hall–Kier alpha value is -3.32. The van der Waals surface area contributed by atoms with Crippen LogP contribution in [0.15, 0.2) is 48.5 Å². The molecule has 0 saturated heterocycles. The monoisotopic (exact) mass is 492 g/mol. The van der Waals surface area contributed by atoms with Crippen molar-refractivity contribution in [2.45, 2.75) is 64.2 Å². The molecule has 2 N–H and O–H groups in total. The number of hydrogen-bond acceptors (Lipinski definition) is 3. The number of benzene rings is 2. The van der Waals surface area contributed by atoms with E-state index in [9.17, 15) is 14.4 Å². The van der Waals surface area contributed by atoms with Crippen LogP contribution in [0, 0.1) is 0 Å². The van der Waals surface area contributed by atoms with Crippen LogP contribution in [-0.4, -0.2) is 38.8 Å². The Kier molecular flexibility index (Phi) is 6.05. The van der Waals surface area contributed by atoms with Gasteiger partial charge in [0.25, 0.3) is 5.91 Å². The minimum Gasteiger partial charge on any atom is -0.351 e. The second-order valence-corrected chi connectivity index (χ2v) is 10.2. The lowest BCUT2D eigenvalue weighted by Crippen LogP contribution is -2.64. The Morgan fingerprint density at radius 1 is 1.09 bits per heavy atom. The van der Waals surface area contributed by atoms with Crippen LogP contribution in [-0.2, 0) is 22.7 Å². The van der Waals surface area contributed by atoms with Crippen molar-refractivity contribution >= 4 is 45.9 Å². The fourth-order valence-electron chi connectivity index (χ4n) is 5.36. The first-order valence-electron chi connectivity index (χ1n) is 12.0. The van der Waals surface area contributed by atoms with Gasteiger partial charge in [-0.3, -0.25) is 14.4 Å². The third-order valence-corrected chi connectivity index (χ3v) is 7.47. The van der Waals surface area contributed by atoms with Gasteiger partial charge in [0.2, 0.25) is 11.8 Å². The summed E-state index contributed by atoms with van der Waals surface area (Å²) in [5.41, 5.74) is 1.43. The summed E-state index contributed by atoms with van der Waals surface area (Å²) in [7, 11) is 0. The van der Waals surface area contributed by atoms with Gasteiger partial charge in [-0.1, -0.05) is 54.8 Å². The van der Waals surface area contributed by atoms with E-state index in [-0.39, 0.29) is 36.9 Å². The molecule has 1 atom stereocenters. The molecule has 182 valence electrons. The molecule has 1 saturated carbocycles. The lowest BCUT2D eigenvalue weighted by atomic mass is 9.93. The third kappa shape index (κ3) is 4.18. The lowest BCUT2D eigenvalue weighted by molar-refractivity contribution is -0.133. The van der Waals surface area contributed by atoms with Gasteiger partial charge in [0.05, 0.1) is 17.7 Å². The number of halogens is 1. The van der Waals surface area contributed by atoms with Gasteiger partial charge in [-0.05, 0) is 43.5 Å². The Morgan fingerprint density at radius 3 is 2.46 bits per heavy atom. The van der Waals surface area contributed by atoms with E-state index in [4.69, 9.17) is 11.6 Å². The molecule has 2 aromatic carbocycles. The zero-order valence-electron chi connectivity index (χ0n) is 19.9. The van der Waals surface area contributed by atoms with Crippen molar-refractivity contribution in [3.8, 4) is 0 Å². The molecule has 7 nitrogen and oxygen atoms in total. The number of amides is 3. The fraction of sp³-hybridized carbons (Fsp3) is 0.370. The molecule has 0 spiro atoms. The first-order chi connectivity index (χ1) is 16.8. The van der Waals surface area contributed by atoms with Crippen LogP contribution < -0.4 is 10.6 Å². The number of carbonyl (C=O) groups excluding carboxylic acids is 3. The van der Waals surface area contributed by atoms with Gasteiger partial charge in [0.1, 0.15) is 11.2 Å². The molecule has 3 amide bonds. The number of aromatic nitrogens is 1. The summed E-state index contributed by atoms with van der Waals surface area (Å²) in [6.07, 6.45) is 4.11. The van der Waals surface area contributed by atoms with E-state index < -0.39 is 5.54 Å². The predicted molar refractivity (Wildman–Crippen MR) is 136 cm³/mol. The predicted octanol–water partition coefficient (Wildman–Crippen LogP) is 4.73. The van der Waals surface area contributed by atoms with E-state index in [0.29, 0.717) is 16.4 Å². The summed E-state index contributed by atoms with van der Waals surface area (Å²) in [5, 5.41) is 7.46. The number of hydrogen-bond donors (Lipinski definition) is 2. The number of nitrogens with one attached hydrogen (secondary N) is 2. The Labute approximate surface area is 209 Å². The summed E-state index contributed by atoms with van der Waals surface area (Å²) >= 11 is 6.08. The van der Waals surface area contributed by atoms with E-state index in [0.717, 1.165) is 42.1 Å². The maximum atomic E-state index is 14.2. The molecule has 0 radical (unpaired) electrons. The quantitative estimate of drug-likeness (QED) is 0.540. The van der Waals surface area contributed by atoms with Gasteiger partial charge in [-0.25, -0.2) is 0 Å². The van der Waals surface area contributed by atoms with E-state index in [1.807, 2.05) is 47.9 Å². The van der Waals surface area contributed by atoms with Crippen molar-refractivity contribution < 1.29 is 14.4 Å². The molecule has 5 rings (SSSR count). The van der Waals surface area contributed by atoms with E-state index >= 15 is 0 Å². The molecule has 3 aromatic rings. The second kappa shape index (κ2) is 9.04. The summed E-state index contributed by atoms with van der Waals surface area (Å²) in [5.74, 6) is -0.708. The number of fused-ring (bicyclic) bond motifs is 3. The van der Waals surface area contributed by atoms with Crippen molar-refractivity contribution in [3.05, 3.63) is 64.8 Å². The topological polar surface area (TPSA) is 83.4 Å². The average molecular weight is 493 g/mol. The zero-order chi connectivity index (χ0) is 24.7. The summed E-state index contributed by atoms with van der Waals surface area (Å²) < 4.78 is 1.88. The van der Waals surface area contributed by atoms with Crippen molar-refractivity contribution in [2.75, 3.05) is 5.32 Å². The highest BCUT2D eigenvalue weighted by Gasteiger charge is 2.49. The maximum Gasteiger partial charge on any atom is 0.273 e. The Balaban J connectivity index is 1.63. The molecule has 0 bridgehead atoms. The van der Waals surface area contributed by atoms with Crippen LogP contribution in [0.4, 0.5) is 5.69 Å². The molecule has 1 unspecified atom stereocenters. The number of rotatable bonds is 5. The van der Waals surface area contributed by atoms with Crippen molar-refractivity contribution in [2.24, 2.45) is 0 Å². The summed E-state index contributed by atoms with van der Waals surface area (Å²) in [4.78, 5) is 41.7. The summed E-state index contributed by atoms with van der Waals surface area (Å²) in [6.45, 7) is 3.78. The number of anilines is 1. The van der Waals surface area contributed by atoms with Crippen molar-refractivity contribution in [1.29, 1.82) is 0 Å². The number of para-hydroxylation sites is 1. The third-order valence-electron chi connectivity index (χ3n) is 7.21. The summed E-state index contributed by atoms with van der Waals surface area (Å²) in [6, 6.07) is 15.0. The molecular weight excluding hydrogens is 464 g/mol. The standard InChI is InChI=1S/C27H29ClN4O3/c1-17(33)29-23-21-9-5-6-10-22(21)31-16-27(2,26(35)30-20-7-3-4-8-20)32(25(34)24(23)31)15-18-11-13-19(28)14-12-18/h5-6,9-14,20H,3-4,7-8,15-16H2,1-2H3,(H,29,33)(H,30,35). The SMILES string of the molecule is CC(=O)Nc1c2n(c3ccccc13)CC(C)(C(=O)NC1CCCC1)N(Cc1ccc(Cl)cc1)C2=O. The van der Waals surface area contributed by atoms with Gasteiger partial charge in [0, 0.05) is 29.9 Å². The molecule has 1 aliphatic carbocycles. The fourth-order valence-corrected chi connectivity index (χ4v) is 5.49. The van der Waals surface area contributed by atoms with E-state index in [1.165, 1.54) is 6.92 Å². The normalized spacial score (nSPS) is 20.2. The van der Waals surface area contributed by atoms with Gasteiger partial charge < -0.3 is 20.1 Å². The van der Waals surface area contributed by atoms with Gasteiger partial charge in [-0.2, -0.15) is 0 Å². The van der Waals surface area contributed by atoms with Crippen LogP contribution in [0.5, 0.6) is 0 Å². The lowest BCUT2D eigenvalue weighted by Gasteiger charge is -2.44. The molecule has 1 aliphatic heterocycles. The molecule has 35 heavy (non-hydrogen) atoms. The Morgan fingerprint density at radius 2 is 1.77 bits per heavy atom. The van der Waals surface area contributed by atoms with Crippen LogP contribution in [0.2, 0.25) is 5.02 Å². The van der Waals surface area contributed by atoms with Crippen LogP contribution in [0.25, 0.3) is 10.9 Å². The highest BCUT2D eigenvalue weighted by molar-refractivity contribution is 6.30. The Bertz CT molecular complexity index is 1310. The minimum atomic E-state index is -1.12. The van der Waals surface area contributed by atoms with E-state index in [2.05, 4.69) is 10.6 Å². The van der Waals surface area contributed by atoms with Crippen molar-refractivity contribution in [1.82, 2.24) is 14.8 Å².